The van der Waals surface area contributed by atoms with Crippen LogP contribution in [0.2, 0.25) is 0 Å². The molecule has 0 unspecified atom stereocenters. The first kappa shape index (κ1) is 24.7. The number of amides is 2. The third-order valence-electron chi connectivity index (χ3n) is 5.27. The molecule has 2 amide bonds. The van der Waals surface area contributed by atoms with Gasteiger partial charge in [-0.2, -0.15) is 13.2 Å². The lowest BCUT2D eigenvalue weighted by molar-refractivity contribution is -0.137. The average molecular weight is 526 g/mol. The second kappa shape index (κ2) is 10.1. The Morgan fingerprint density at radius 1 is 1.17 bits per heavy atom. The number of urea groups is 1. The minimum absolute atomic E-state index is 0.0514. The Bertz CT molecular complexity index is 1250. The van der Waals surface area contributed by atoms with Crippen molar-refractivity contribution in [2.75, 3.05) is 10.6 Å². The van der Waals surface area contributed by atoms with Gasteiger partial charge in [0.05, 0.1) is 11.3 Å². The Balaban J connectivity index is 1.55. The molecule has 0 saturated heterocycles. The number of halogens is 3. The summed E-state index contributed by atoms with van der Waals surface area (Å²) in [5, 5.41) is 14.6. The first-order chi connectivity index (χ1) is 16.6. The molecule has 2 aromatic heterocycles. The van der Waals surface area contributed by atoms with Crippen LogP contribution >= 0.6 is 23.1 Å². The number of thiazole rings is 1. The number of ketones is 1. The SMILES string of the molecule is O=C(Nc1nc(C(=O)O)c(Sc2ncc[nH]2)s1)Nc1ccc(C(F)(F)F)cc1C(=O)C1CCCC1. The Morgan fingerprint density at radius 3 is 2.54 bits per heavy atom. The molecule has 0 bridgehead atoms. The zero-order chi connectivity index (χ0) is 25.2. The highest BCUT2D eigenvalue weighted by atomic mass is 32.2. The number of rotatable bonds is 7. The third kappa shape index (κ3) is 5.82. The number of carbonyl (C=O) groups excluding carboxylic acids is 2. The molecule has 1 aliphatic rings. The van der Waals surface area contributed by atoms with Gasteiger partial charge in [0.1, 0.15) is 4.21 Å². The minimum Gasteiger partial charge on any atom is -0.476 e. The first-order valence-corrected chi connectivity index (χ1v) is 12.0. The van der Waals surface area contributed by atoms with Crippen LogP contribution in [-0.4, -0.2) is 37.8 Å². The van der Waals surface area contributed by atoms with Crippen molar-refractivity contribution in [1.29, 1.82) is 0 Å². The van der Waals surface area contributed by atoms with Crippen molar-refractivity contribution < 1.29 is 32.7 Å². The van der Waals surface area contributed by atoms with Gasteiger partial charge in [-0.05, 0) is 42.8 Å². The van der Waals surface area contributed by atoms with Crippen LogP contribution in [-0.2, 0) is 6.18 Å². The minimum atomic E-state index is -4.65. The van der Waals surface area contributed by atoms with Crippen molar-refractivity contribution in [2.24, 2.45) is 5.92 Å². The maximum atomic E-state index is 13.3. The van der Waals surface area contributed by atoms with E-state index in [2.05, 4.69) is 25.6 Å². The largest absolute Gasteiger partial charge is 0.476 e. The average Bonchev–Trinajstić information content (AvgIpc) is 3.55. The van der Waals surface area contributed by atoms with Crippen LogP contribution in [0.5, 0.6) is 0 Å². The second-order valence-corrected chi connectivity index (χ2v) is 9.90. The van der Waals surface area contributed by atoms with Gasteiger partial charge in [0, 0.05) is 23.9 Å². The number of hydrogen-bond donors (Lipinski definition) is 4. The summed E-state index contributed by atoms with van der Waals surface area (Å²) in [6.45, 7) is 0. The van der Waals surface area contributed by atoms with E-state index < -0.39 is 35.4 Å². The summed E-state index contributed by atoms with van der Waals surface area (Å²) in [7, 11) is 0. The van der Waals surface area contributed by atoms with Crippen molar-refractivity contribution in [3.05, 3.63) is 47.4 Å². The van der Waals surface area contributed by atoms with E-state index in [1.54, 1.807) is 6.20 Å². The van der Waals surface area contributed by atoms with E-state index >= 15 is 0 Å². The number of aromatic carboxylic acids is 1. The molecule has 0 aliphatic heterocycles. The molecule has 2 heterocycles. The van der Waals surface area contributed by atoms with Crippen LogP contribution in [0.3, 0.4) is 0 Å². The molecule has 0 atom stereocenters. The van der Waals surface area contributed by atoms with E-state index in [1.807, 2.05) is 0 Å². The topological polar surface area (TPSA) is 137 Å². The maximum Gasteiger partial charge on any atom is 0.416 e. The number of nitrogens with zero attached hydrogens (tertiary/aromatic N) is 2. The maximum absolute atomic E-state index is 13.3. The van der Waals surface area contributed by atoms with Gasteiger partial charge in [0.2, 0.25) is 0 Å². The van der Waals surface area contributed by atoms with Crippen LogP contribution in [0.1, 0.15) is 52.1 Å². The molecule has 1 aliphatic carbocycles. The highest BCUT2D eigenvalue weighted by Gasteiger charge is 2.33. The molecule has 1 fully saturated rings. The number of nitrogens with one attached hydrogen (secondary N) is 3. The fourth-order valence-electron chi connectivity index (χ4n) is 3.65. The Labute approximate surface area is 204 Å². The number of alkyl halides is 3. The normalized spacial score (nSPS) is 14.1. The molecule has 0 radical (unpaired) electrons. The summed E-state index contributed by atoms with van der Waals surface area (Å²) >= 11 is 1.90. The van der Waals surface area contributed by atoms with Gasteiger partial charge in [-0.25, -0.2) is 19.6 Å². The number of Topliss-reactive ketones (excluding diaryl/α,β-unsaturated/α-hetero) is 1. The summed E-state index contributed by atoms with van der Waals surface area (Å²) in [5.41, 5.74) is -1.58. The second-order valence-electron chi connectivity index (χ2n) is 7.64. The van der Waals surface area contributed by atoms with Crippen molar-refractivity contribution >= 4 is 51.7 Å². The highest BCUT2D eigenvalue weighted by Crippen LogP contribution is 2.37. The fraction of sp³-hybridized carbons (Fsp3) is 0.286. The van der Waals surface area contributed by atoms with Gasteiger partial charge in [-0.15, -0.1) is 0 Å². The molecule has 0 spiro atoms. The molecule has 1 aromatic carbocycles. The molecule has 3 aromatic rings. The summed E-state index contributed by atoms with van der Waals surface area (Å²) in [6.07, 6.45) is 1.18. The van der Waals surface area contributed by atoms with Crippen LogP contribution in [0, 0.1) is 5.92 Å². The van der Waals surface area contributed by atoms with Crippen LogP contribution in [0.25, 0.3) is 0 Å². The number of benzene rings is 1. The first-order valence-electron chi connectivity index (χ1n) is 10.4. The lowest BCUT2D eigenvalue weighted by Crippen LogP contribution is -2.23. The number of hydrogen-bond acceptors (Lipinski definition) is 7. The molecule has 35 heavy (non-hydrogen) atoms. The van der Waals surface area contributed by atoms with E-state index in [1.165, 1.54) is 6.20 Å². The molecule has 4 N–H and O–H groups in total. The predicted molar refractivity (Wildman–Crippen MR) is 122 cm³/mol. The lowest BCUT2D eigenvalue weighted by Gasteiger charge is -2.16. The zero-order valence-electron chi connectivity index (χ0n) is 17.8. The molecular formula is C21H18F3N5O4S2. The molecule has 1 saturated carbocycles. The number of carboxylic acid groups (broad SMARTS) is 1. The molecular weight excluding hydrogens is 507 g/mol. The van der Waals surface area contributed by atoms with Crippen LogP contribution in [0.4, 0.5) is 28.8 Å². The van der Waals surface area contributed by atoms with Gasteiger partial charge in [0.25, 0.3) is 0 Å². The van der Waals surface area contributed by atoms with Crippen molar-refractivity contribution in [3.63, 3.8) is 0 Å². The van der Waals surface area contributed by atoms with E-state index in [-0.39, 0.29) is 26.3 Å². The smallest absolute Gasteiger partial charge is 0.416 e. The monoisotopic (exact) mass is 525 g/mol. The molecule has 9 nitrogen and oxygen atoms in total. The Hall–Kier alpha value is -3.39. The Kier molecular flexibility index (Phi) is 7.12. The molecule has 14 heteroatoms. The molecule has 4 rings (SSSR count). The van der Waals surface area contributed by atoms with Gasteiger partial charge >= 0.3 is 18.2 Å². The van der Waals surface area contributed by atoms with Crippen molar-refractivity contribution in [2.45, 2.75) is 41.2 Å². The van der Waals surface area contributed by atoms with Gasteiger partial charge in [0.15, 0.2) is 21.8 Å². The van der Waals surface area contributed by atoms with Crippen LogP contribution < -0.4 is 10.6 Å². The van der Waals surface area contributed by atoms with Gasteiger partial charge < -0.3 is 15.4 Å². The summed E-state index contributed by atoms with van der Waals surface area (Å²) in [6, 6.07) is 1.68. The number of carboxylic acids is 1. The fourth-order valence-corrected chi connectivity index (χ4v) is 5.62. The van der Waals surface area contributed by atoms with Crippen molar-refractivity contribution in [1.82, 2.24) is 15.0 Å². The number of aromatic amines is 1. The van der Waals surface area contributed by atoms with Gasteiger partial charge in [-0.1, -0.05) is 24.2 Å². The predicted octanol–water partition coefficient (Wildman–Crippen LogP) is 5.75. The number of H-pyrrole nitrogens is 1. The van der Waals surface area contributed by atoms with E-state index in [0.29, 0.717) is 18.0 Å². The number of imidazole rings is 1. The van der Waals surface area contributed by atoms with E-state index in [0.717, 1.165) is 54.1 Å². The van der Waals surface area contributed by atoms with Gasteiger partial charge in [-0.3, -0.25) is 10.1 Å². The number of carbonyl (C=O) groups is 3. The summed E-state index contributed by atoms with van der Waals surface area (Å²) < 4.78 is 40.0. The lowest BCUT2D eigenvalue weighted by atomic mass is 9.93. The van der Waals surface area contributed by atoms with Crippen molar-refractivity contribution in [3.8, 4) is 0 Å². The zero-order valence-corrected chi connectivity index (χ0v) is 19.4. The van der Waals surface area contributed by atoms with E-state index in [4.69, 9.17) is 0 Å². The quantitative estimate of drug-likeness (QED) is 0.288. The number of anilines is 2. The number of aromatic nitrogens is 3. The van der Waals surface area contributed by atoms with Crippen LogP contribution in [0.15, 0.2) is 40.0 Å². The van der Waals surface area contributed by atoms with E-state index in [9.17, 15) is 32.7 Å². The standard InChI is InChI=1S/C21H18F3N5O4S2/c22-21(23,24)11-5-6-13(12(9-11)15(30)10-3-1-2-4-10)27-18(33)29-20-28-14(16(31)32)17(35-20)34-19-25-7-8-26-19/h5-10H,1-4H2,(H,25,26)(H,31,32)(H2,27,28,29,33). The highest BCUT2D eigenvalue weighted by molar-refractivity contribution is 8.01. The summed E-state index contributed by atoms with van der Waals surface area (Å²) in [5.74, 6) is -2.17. The third-order valence-corrected chi connectivity index (χ3v) is 7.33. The Morgan fingerprint density at radius 2 is 1.91 bits per heavy atom. The summed E-state index contributed by atoms with van der Waals surface area (Å²) in [4.78, 5) is 47.8. The molecule has 184 valence electrons.